The van der Waals surface area contributed by atoms with Crippen LogP contribution in [0.1, 0.15) is 65.6 Å². The zero-order valence-electron chi connectivity index (χ0n) is 17.4. The number of hydrogen-bond acceptors (Lipinski definition) is 5. The highest BCUT2D eigenvalue weighted by Gasteiger charge is 2.26. The number of phosphoric acid groups is 1. The second-order valence-corrected chi connectivity index (χ2v) is 9.84. The number of phosphoric ester groups is 1. The molecule has 30 heavy (non-hydrogen) atoms. The maximum absolute atomic E-state index is 12.4. The van der Waals surface area contributed by atoms with E-state index in [2.05, 4.69) is 12.1 Å². The smallest absolute Gasteiger partial charge is 0.325 e. The minimum Gasteiger partial charge on any atom is -0.325 e. The van der Waals surface area contributed by atoms with Crippen molar-refractivity contribution in [1.82, 2.24) is 0 Å². The zero-order valence-corrected chi connectivity index (χ0v) is 19.1. The Bertz CT molecular complexity index is 820. The molecular formula is C22H32NO5PS. The van der Waals surface area contributed by atoms with Gasteiger partial charge in [0.05, 0.1) is 11.0 Å². The quantitative estimate of drug-likeness (QED) is 0.214. The molecule has 0 fully saturated rings. The number of aryl methyl sites for hydroxylation is 2. The van der Waals surface area contributed by atoms with Crippen LogP contribution in [0.5, 0.6) is 0 Å². The number of unbranched alkanes of at least 4 members (excludes halogenated alkanes) is 2. The Morgan fingerprint density at radius 3 is 2.50 bits per heavy atom. The third kappa shape index (κ3) is 9.21. The van der Waals surface area contributed by atoms with Crippen molar-refractivity contribution in [1.29, 1.82) is 0 Å². The molecule has 0 saturated carbocycles. The highest BCUT2D eigenvalue weighted by molar-refractivity contribution is 7.46. The summed E-state index contributed by atoms with van der Waals surface area (Å²) >= 11 is 1.48. The molecule has 2 unspecified atom stereocenters. The molecule has 0 bridgehead atoms. The average Bonchev–Trinajstić information content (AvgIpc) is 3.19. The Labute approximate surface area is 182 Å². The second kappa shape index (κ2) is 12.5. The Morgan fingerprint density at radius 1 is 1.10 bits per heavy atom. The van der Waals surface area contributed by atoms with Gasteiger partial charge in [-0.2, -0.15) is 0 Å². The molecule has 2 atom stereocenters. The zero-order chi connectivity index (χ0) is 22.0. The summed E-state index contributed by atoms with van der Waals surface area (Å²) < 4.78 is 15.8. The third-order valence-electron chi connectivity index (χ3n) is 5.03. The largest absolute Gasteiger partial charge is 0.469 e. The van der Waals surface area contributed by atoms with Gasteiger partial charge in [-0.05, 0) is 56.2 Å². The van der Waals surface area contributed by atoms with Crippen LogP contribution in [0.4, 0.5) is 0 Å². The van der Waals surface area contributed by atoms with Gasteiger partial charge in [-0.15, -0.1) is 11.3 Å². The van der Waals surface area contributed by atoms with E-state index in [-0.39, 0.29) is 5.78 Å². The standard InChI is InChI=1S/C22H32NO5PS/c1-2-21(28-29(25,26)27)19(23)15-13-18-14-16-22(30-18)20(24)12-8-4-7-11-17-9-5-3-6-10-17/h3,5-6,9-10,14,16,19,21H,2,4,7-8,11-13,15,23H2,1H3,(H2,25,26,27). The summed E-state index contributed by atoms with van der Waals surface area (Å²) in [6.07, 6.45) is 5.52. The maximum Gasteiger partial charge on any atom is 0.469 e. The molecule has 2 rings (SSSR count). The van der Waals surface area contributed by atoms with E-state index in [1.807, 2.05) is 30.3 Å². The van der Waals surface area contributed by atoms with Crippen molar-refractivity contribution in [3.8, 4) is 0 Å². The first kappa shape index (κ1) is 24.9. The van der Waals surface area contributed by atoms with Gasteiger partial charge in [-0.25, -0.2) is 4.57 Å². The Balaban J connectivity index is 1.70. The van der Waals surface area contributed by atoms with Crippen LogP contribution in [0, 0.1) is 0 Å². The number of carbonyl (C=O) groups is 1. The van der Waals surface area contributed by atoms with Crippen molar-refractivity contribution in [2.45, 2.75) is 70.4 Å². The molecule has 6 nitrogen and oxygen atoms in total. The van der Waals surface area contributed by atoms with Crippen molar-refractivity contribution in [3.05, 3.63) is 57.8 Å². The van der Waals surface area contributed by atoms with Gasteiger partial charge in [0.2, 0.25) is 0 Å². The van der Waals surface area contributed by atoms with E-state index in [0.717, 1.165) is 35.4 Å². The lowest BCUT2D eigenvalue weighted by molar-refractivity contribution is 0.0982. The number of thiophene rings is 1. The van der Waals surface area contributed by atoms with Crippen LogP contribution >= 0.6 is 19.2 Å². The number of benzene rings is 1. The molecule has 0 radical (unpaired) electrons. The summed E-state index contributed by atoms with van der Waals surface area (Å²) in [5.74, 6) is 0.173. The molecule has 4 N–H and O–H groups in total. The van der Waals surface area contributed by atoms with Crippen molar-refractivity contribution in [3.63, 3.8) is 0 Å². The summed E-state index contributed by atoms with van der Waals surface area (Å²) in [6.45, 7) is 1.78. The Kier molecular flexibility index (Phi) is 10.4. The first-order chi connectivity index (χ1) is 14.3. The van der Waals surface area contributed by atoms with Crippen LogP contribution in [0.15, 0.2) is 42.5 Å². The molecule has 0 aliphatic rings. The summed E-state index contributed by atoms with van der Waals surface area (Å²) in [5, 5.41) is 0. The van der Waals surface area contributed by atoms with Crippen molar-refractivity contribution < 1.29 is 23.7 Å². The third-order valence-corrected chi connectivity index (χ3v) is 6.76. The fourth-order valence-electron chi connectivity index (χ4n) is 3.35. The lowest BCUT2D eigenvalue weighted by Gasteiger charge is -2.22. The van der Waals surface area contributed by atoms with E-state index < -0.39 is 20.0 Å². The fourth-order valence-corrected chi connectivity index (χ4v) is 5.00. The minimum atomic E-state index is -4.55. The van der Waals surface area contributed by atoms with Crippen molar-refractivity contribution in [2.75, 3.05) is 0 Å². The van der Waals surface area contributed by atoms with Gasteiger partial charge in [-0.1, -0.05) is 43.7 Å². The van der Waals surface area contributed by atoms with E-state index in [9.17, 15) is 9.36 Å². The molecule has 8 heteroatoms. The lowest BCUT2D eigenvalue weighted by atomic mass is 10.0. The molecule has 166 valence electrons. The van der Waals surface area contributed by atoms with Gasteiger partial charge in [-0.3, -0.25) is 9.32 Å². The summed E-state index contributed by atoms with van der Waals surface area (Å²) in [5.41, 5.74) is 7.39. The predicted molar refractivity (Wildman–Crippen MR) is 121 cm³/mol. The van der Waals surface area contributed by atoms with Crippen LogP contribution < -0.4 is 5.73 Å². The SMILES string of the molecule is CCC(OP(=O)(O)O)C(N)CCc1ccc(C(=O)CCCCCc2ccccc2)s1. The Hall–Kier alpha value is -1.34. The van der Waals surface area contributed by atoms with Gasteiger partial charge in [0.1, 0.15) is 0 Å². The first-order valence-electron chi connectivity index (χ1n) is 10.4. The van der Waals surface area contributed by atoms with E-state index in [1.165, 1.54) is 16.9 Å². The molecule has 0 spiro atoms. The molecule has 0 aliphatic carbocycles. The molecule has 1 aromatic heterocycles. The van der Waals surface area contributed by atoms with E-state index in [4.69, 9.17) is 20.0 Å². The predicted octanol–water partition coefficient (Wildman–Crippen LogP) is 4.88. The van der Waals surface area contributed by atoms with Gasteiger partial charge in [0, 0.05) is 17.3 Å². The minimum absolute atomic E-state index is 0.173. The molecule has 2 aromatic rings. The fraction of sp³-hybridized carbons (Fsp3) is 0.500. The molecule has 0 saturated heterocycles. The van der Waals surface area contributed by atoms with Crippen LogP contribution in [0.3, 0.4) is 0 Å². The highest BCUT2D eigenvalue weighted by atomic mass is 32.1. The van der Waals surface area contributed by atoms with Crippen LogP contribution in [-0.4, -0.2) is 27.7 Å². The molecule has 0 amide bonds. The van der Waals surface area contributed by atoms with Gasteiger partial charge >= 0.3 is 7.82 Å². The molecule has 1 heterocycles. The van der Waals surface area contributed by atoms with Gasteiger partial charge in [0.25, 0.3) is 0 Å². The van der Waals surface area contributed by atoms with Crippen molar-refractivity contribution >= 4 is 24.9 Å². The first-order valence-corrected chi connectivity index (χ1v) is 12.8. The van der Waals surface area contributed by atoms with Gasteiger partial charge in [0.15, 0.2) is 5.78 Å². The lowest BCUT2D eigenvalue weighted by Crippen LogP contribution is -2.36. The summed E-state index contributed by atoms with van der Waals surface area (Å²) in [7, 11) is -4.55. The summed E-state index contributed by atoms with van der Waals surface area (Å²) in [6, 6.07) is 13.7. The van der Waals surface area contributed by atoms with E-state index >= 15 is 0 Å². The number of hydrogen-bond donors (Lipinski definition) is 3. The van der Waals surface area contributed by atoms with Crippen molar-refractivity contribution in [2.24, 2.45) is 5.73 Å². The normalized spacial score (nSPS) is 13.9. The number of carbonyl (C=O) groups excluding carboxylic acids is 1. The monoisotopic (exact) mass is 453 g/mol. The Morgan fingerprint density at radius 2 is 1.83 bits per heavy atom. The van der Waals surface area contributed by atoms with Crippen LogP contribution in [0.2, 0.25) is 0 Å². The van der Waals surface area contributed by atoms with Crippen LogP contribution in [-0.2, 0) is 21.9 Å². The summed E-state index contributed by atoms with van der Waals surface area (Å²) in [4.78, 5) is 32.2. The number of Topliss-reactive ketones (excluding diaryl/α,β-unsaturated/α-hetero) is 1. The highest BCUT2D eigenvalue weighted by Crippen LogP contribution is 2.39. The topological polar surface area (TPSA) is 110 Å². The average molecular weight is 454 g/mol. The second-order valence-electron chi connectivity index (χ2n) is 7.48. The molecular weight excluding hydrogens is 421 g/mol. The maximum atomic E-state index is 12.4. The molecule has 0 aliphatic heterocycles. The van der Waals surface area contributed by atoms with E-state index in [1.54, 1.807) is 6.92 Å². The number of ketones is 1. The number of nitrogens with two attached hydrogens (primary N) is 1. The van der Waals surface area contributed by atoms with Crippen LogP contribution in [0.25, 0.3) is 0 Å². The van der Waals surface area contributed by atoms with Gasteiger partial charge < -0.3 is 15.5 Å². The molecule has 1 aromatic carbocycles. The van der Waals surface area contributed by atoms with E-state index in [0.29, 0.717) is 25.7 Å². The number of rotatable bonds is 14.